The second-order valence-electron chi connectivity index (χ2n) is 13.8. The van der Waals surface area contributed by atoms with Gasteiger partial charge in [-0.15, -0.1) is 0 Å². The summed E-state index contributed by atoms with van der Waals surface area (Å²) >= 11 is 6.93. The molecule has 4 N–H and O–H groups in total. The summed E-state index contributed by atoms with van der Waals surface area (Å²) in [6, 6.07) is 11.2. The van der Waals surface area contributed by atoms with Gasteiger partial charge in [0.15, 0.2) is 11.6 Å². The van der Waals surface area contributed by atoms with Crippen LogP contribution in [0.4, 0.5) is 11.4 Å². The fourth-order valence-electron chi connectivity index (χ4n) is 7.81. The lowest BCUT2D eigenvalue weighted by Gasteiger charge is -2.33. The van der Waals surface area contributed by atoms with Crippen molar-refractivity contribution >= 4 is 40.8 Å². The molecule has 0 bridgehead atoms. The van der Waals surface area contributed by atoms with E-state index >= 15 is 0 Å². The summed E-state index contributed by atoms with van der Waals surface area (Å²) in [5.41, 5.74) is 7.44. The Morgan fingerprint density at radius 2 is 1.50 bits per heavy atom. The maximum atomic E-state index is 13.7. The van der Waals surface area contributed by atoms with E-state index in [2.05, 4.69) is 25.8 Å². The fourth-order valence-corrected chi connectivity index (χ4v) is 8.09. The predicted molar refractivity (Wildman–Crippen MR) is 191 cm³/mol. The summed E-state index contributed by atoms with van der Waals surface area (Å²) in [5, 5.41) is 19.1. The number of fused-ring (bicyclic) bond motifs is 2. The van der Waals surface area contributed by atoms with Gasteiger partial charge in [0, 0.05) is 82.3 Å². The number of amides is 2. The molecule has 0 spiro atoms. The zero-order valence-corrected chi connectivity index (χ0v) is 29.4. The number of hydrogen-bond acceptors (Lipinski definition) is 7. The first kappa shape index (κ1) is 34.0. The van der Waals surface area contributed by atoms with E-state index in [4.69, 9.17) is 16.6 Å². The molecular formula is C37H43ClN8O4. The third kappa shape index (κ3) is 6.55. The van der Waals surface area contributed by atoms with Crippen molar-refractivity contribution in [1.29, 1.82) is 0 Å². The normalized spacial score (nSPS) is 19.0. The van der Waals surface area contributed by atoms with Gasteiger partial charge in [-0.05, 0) is 61.8 Å². The van der Waals surface area contributed by atoms with Crippen LogP contribution in [0.15, 0.2) is 36.4 Å². The molecule has 0 saturated heterocycles. The van der Waals surface area contributed by atoms with Gasteiger partial charge in [-0.2, -0.15) is 0 Å². The minimum absolute atomic E-state index is 0.212. The summed E-state index contributed by atoms with van der Waals surface area (Å²) in [6.45, 7) is 5.91. The zero-order chi connectivity index (χ0) is 35.1. The molecule has 2 aromatic carbocycles. The van der Waals surface area contributed by atoms with Crippen LogP contribution in [0.25, 0.3) is 11.1 Å². The van der Waals surface area contributed by atoms with Gasteiger partial charge in [0.05, 0.1) is 28.0 Å². The monoisotopic (exact) mass is 698 g/mol. The molecule has 13 heteroatoms. The Hall–Kier alpha value is -4.52. The number of carbonyl (C=O) groups is 3. The number of imidazole rings is 2. The topological polar surface area (TPSA) is 146 Å². The van der Waals surface area contributed by atoms with Crippen molar-refractivity contribution in [3.63, 3.8) is 0 Å². The Morgan fingerprint density at radius 1 is 0.880 bits per heavy atom. The first-order valence-electron chi connectivity index (χ1n) is 17.3. The molecule has 0 unspecified atom stereocenters. The molecule has 2 aliphatic heterocycles. The molecule has 4 aromatic rings. The molecule has 1 fully saturated rings. The van der Waals surface area contributed by atoms with Crippen LogP contribution < -0.4 is 16.0 Å². The summed E-state index contributed by atoms with van der Waals surface area (Å²) in [6.07, 6.45) is 4.97. The molecule has 12 nitrogen and oxygen atoms in total. The summed E-state index contributed by atoms with van der Waals surface area (Å²) in [5.74, 6) is -0.325. The molecule has 4 heterocycles. The van der Waals surface area contributed by atoms with Crippen LogP contribution in [0.2, 0.25) is 5.02 Å². The number of hydrogen-bond donors (Lipinski definition) is 4. The molecule has 3 aliphatic rings. The lowest BCUT2D eigenvalue weighted by molar-refractivity contribution is -0.143. The molecule has 7 rings (SSSR count). The number of carboxylic acid groups (broad SMARTS) is 1. The van der Waals surface area contributed by atoms with E-state index in [1.54, 1.807) is 6.07 Å². The Labute approximate surface area is 296 Å². The molecule has 2 amide bonds. The van der Waals surface area contributed by atoms with Crippen molar-refractivity contribution in [2.45, 2.75) is 58.5 Å². The highest BCUT2D eigenvalue weighted by Crippen LogP contribution is 2.38. The molecule has 262 valence electrons. The molecule has 0 atom stereocenters. The van der Waals surface area contributed by atoms with Gasteiger partial charge < -0.3 is 30.2 Å². The van der Waals surface area contributed by atoms with E-state index in [0.29, 0.717) is 47.1 Å². The van der Waals surface area contributed by atoms with Crippen LogP contribution in [-0.2, 0) is 44.8 Å². The van der Waals surface area contributed by atoms with Crippen molar-refractivity contribution in [3.05, 3.63) is 81.4 Å². The second-order valence-corrected chi connectivity index (χ2v) is 14.2. The highest BCUT2D eigenvalue weighted by molar-refractivity contribution is 6.36. The summed E-state index contributed by atoms with van der Waals surface area (Å²) in [7, 11) is 3.75. The number of nitrogens with one attached hydrogen (secondary N) is 3. The van der Waals surface area contributed by atoms with Crippen LogP contribution in [0, 0.1) is 18.8 Å². The average molecular weight is 699 g/mol. The zero-order valence-electron chi connectivity index (χ0n) is 28.7. The number of aliphatic carboxylic acids is 1. The molecule has 2 aromatic heterocycles. The summed E-state index contributed by atoms with van der Waals surface area (Å²) < 4.78 is 3.75. The number of nitrogens with zero attached hydrogens (tertiary/aromatic N) is 5. The number of carbonyl (C=O) groups excluding carboxylic acids is 2. The number of benzene rings is 2. The quantitative estimate of drug-likeness (QED) is 0.197. The van der Waals surface area contributed by atoms with Gasteiger partial charge in [-0.1, -0.05) is 35.9 Å². The molecule has 50 heavy (non-hydrogen) atoms. The SMILES string of the molecule is Cc1c(NC(=O)c2nc3c(n2C)CCN(C[C@H]2CC[C@@H](C(=O)O)CC2)C3)cccc1-c1cccc(NC(=O)c2nc3c(n2C)CCNC3)c1Cl. The predicted octanol–water partition coefficient (Wildman–Crippen LogP) is 5.18. The lowest BCUT2D eigenvalue weighted by atomic mass is 9.81. The molecule has 1 aliphatic carbocycles. The van der Waals surface area contributed by atoms with Crippen LogP contribution in [-0.4, -0.2) is 66.5 Å². The third-order valence-corrected chi connectivity index (χ3v) is 11.1. The van der Waals surface area contributed by atoms with Gasteiger partial charge in [0.1, 0.15) is 0 Å². The smallest absolute Gasteiger partial charge is 0.306 e. The number of aromatic nitrogens is 4. The highest BCUT2D eigenvalue weighted by Gasteiger charge is 2.30. The van der Waals surface area contributed by atoms with Gasteiger partial charge >= 0.3 is 5.97 Å². The fraction of sp³-hybridized carbons (Fsp3) is 0.432. The van der Waals surface area contributed by atoms with Gasteiger partial charge in [0.25, 0.3) is 11.8 Å². The lowest BCUT2D eigenvalue weighted by Crippen LogP contribution is -2.36. The number of rotatable bonds is 8. The maximum Gasteiger partial charge on any atom is 0.306 e. The van der Waals surface area contributed by atoms with Gasteiger partial charge in [-0.3, -0.25) is 19.3 Å². The van der Waals surface area contributed by atoms with Gasteiger partial charge in [0.2, 0.25) is 0 Å². The molecule has 0 radical (unpaired) electrons. The number of halogens is 1. The van der Waals surface area contributed by atoms with E-state index in [1.807, 2.05) is 60.5 Å². The van der Waals surface area contributed by atoms with Crippen molar-refractivity contribution in [2.75, 3.05) is 30.3 Å². The van der Waals surface area contributed by atoms with Crippen LogP contribution in [0.1, 0.15) is 75.3 Å². The Kier molecular flexibility index (Phi) is 9.51. The molecule has 1 saturated carbocycles. The minimum atomic E-state index is -0.677. The van der Waals surface area contributed by atoms with E-state index in [0.717, 1.165) is 97.6 Å². The molecular weight excluding hydrogens is 656 g/mol. The van der Waals surface area contributed by atoms with Crippen molar-refractivity contribution in [2.24, 2.45) is 25.9 Å². The first-order chi connectivity index (χ1) is 24.1. The Balaban J connectivity index is 1.04. The van der Waals surface area contributed by atoms with E-state index in [-0.39, 0.29) is 17.7 Å². The Bertz CT molecular complexity index is 1980. The van der Waals surface area contributed by atoms with E-state index in [1.165, 1.54) is 0 Å². The second kappa shape index (κ2) is 14.0. The van der Waals surface area contributed by atoms with Gasteiger partial charge in [-0.25, -0.2) is 9.97 Å². The van der Waals surface area contributed by atoms with E-state index in [9.17, 15) is 19.5 Å². The number of anilines is 2. The van der Waals surface area contributed by atoms with E-state index < -0.39 is 5.97 Å². The van der Waals surface area contributed by atoms with Crippen molar-refractivity contribution in [3.8, 4) is 11.1 Å². The third-order valence-electron chi connectivity index (χ3n) is 10.7. The van der Waals surface area contributed by atoms with Crippen molar-refractivity contribution < 1.29 is 19.5 Å². The minimum Gasteiger partial charge on any atom is -0.481 e. The van der Waals surface area contributed by atoms with Crippen molar-refractivity contribution in [1.82, 2.24) is 29.3 Å². The van der Waals surface area contributed by atoms with Crippen LogP contribution in [0.5, 0.6) is 0 Å². The maximum absolute atomic E-state index is 13.7. The van der Waals surface area contributed by atoms with Crippen LogP contribution >= 0.6 is 11.6 Å². The summed E-state index contributed by atoms with van der Waals surface area (Å²) in [4.78, 5) is 50.1. The highest BCUT2D eigenvalue weighted by atomic mass is 35.5. The largest absolute Gasteiger partial charge is 0.481 e. The first-order valence-corrected chi connectivity index (χ1v) is 17.7. The standard InChI is InChI=1S/C37H43ClN8O4/c1-21-24(25-7-5-9-27(32(25)38)43-36(48)33-40-28-18-39-16-14-30(28)44(33)2)6-4-8-26(21)42-35(47)34-41-29-20-46(17-15-31(29)45(34)3)19-22-10-12-23(13-11-22)37(49)50/h4-9,22-23,39H,10-20H2,1-3H3,(H,42,47)(H,43,48)(H,49,50)/t22-,23+. The van der Waals surface area contributed by atoms with Crippen LogP contribution in [0.3, 0.4) is 0 Å². The Morgan fingerprint density at radius 3 is 2.18 bits per heavy atom. The number of carboxylic acids is 1. The average Bonchev–Trinajstić information content (AvgIpc) is 3.63.